The molecule has 3 heteroatoms. The van der Waals surface area contributed by atoms with Crippen molar-refractivity contribution in [2.45, 2.75) is 91.0 Å². The molecule has 0 spiro atoms. The first-order valence-corrected chi connectivity index (χ1v) is 8.32. The van der Waals surface area contributed by atoms with E-state index in [1.165, 1.54) is 57.6 Å². The van der Waals surface area contributed by atoms with E-state index < -0.39 is 0 Å². The highest BCUT2D eigenvalue weighted by atomic mass is 14.9. The molecule has 1 aliphatic rings. The van der Waals surface area contributed by atoms with Gasteiger partial charge >= 0.3 is 6.85 Å². The molecule has 18 heavy (non-hydrogen) atoms. The molecule has 1 nitrogen and oxygen atoms in total. The van der Waals surface area contributed by atoms with Crippen LogP contribution in [0.5, 0.6) is 0 Å². The van der Waals surface area contributed by atoms with E-state index in [-0.39, 0.29) is 0 Å². The third-order valence-corrected chi connectivity index (χ3v) is 5.09. The molecule has 1 heterocycles. The second kappa shape index (κ2) is 7.50. The SMILES string of the molecule is CCB(CC)/[N+]1=[B-](\CC)C(C)(C)CCCCCC1. The normalized spacial score (nSPS) is 25.2. The zero-order valence-electron chi connectivity index (χ0n) is 13.5. The maximum Gasteiger partial charge on any atom is 0.423 e. The van der Waals surface area contributed by atoms with Crippen LogP contribution in [0.2, 0.25) is 24.3 Å². The van der Waals surface area contributed by atoms with Gasteiger partial charge in [-0.25, -0.2) is 0 Å². The predicted molar refractivity (Wildman–Crippen MR) is 85.2 cm³/mol. The molecular weight excluding hydrogens is 216 g/mol. The van der Waals surface area contributed by atoms with Gasteiger partial charge in [-0.2, -0.15) is 0 Å². The van der Waals surface area contributed by atoms with Crippen molar-refractivity contribution in [2.24, 2.45) is 0 Å². The number of hydrogen-bond donors (Lipinski definition) is 0. The first-order chi connectivity index (χ1) is 8.56. The Balaban J connectivity index is 3.12. The molecule has 0 bridgehead atoms. The summed E-state index contributed by atoms with van der Waals surface area (Å²) >= 11 is 0. The minimum Gasteiger partial charge on any atom is -0.591 e. The lowest BCUT2D eigenvalue weighted by Gasteiger charge is -2.37. The molecule has 0 aromatic carbocycles. The predicted octanol–water partition coefficient (Wildman–Crippen LogP) is 5.05. The van der Waals surface area contributed by atoms with Gasteiger partial charge in [0.2, 0.25) is 0 Å². The van der Waals surface area contributed by atoms with E-state index in [1.807, 2.05) is 0 Å². The highest BCUT2D eigenvalue weighted by Crippen LogP contribution is 2.35. The first-order valence-electron chi connectivity index (χ1n) is 8.32. The smallest absolute Gasteiger partial charge is 0.423 e. The van der Waals surface area contributed by atoms with E-state index >= 15 is 0 Å². The van der Waals surface area contributed by atoms with Crippen molar-refractivity contribution in [3.8, 4) is 0 Å². The Morgan fingerprint density at radius 2 is 1.61 bits per heavy atom. The summed E-state index contributed by atoms with van der Waals surface area (Å²) in [6.45, 7) is 15.0. The molecule has 0 saturated heterocycles. The van der Waals surface area contributed by atoms with E-state index in [0.29, 0.717) is 5.31 Å². The van der Waals surface area contributed by atoms with Crippen LogP contribution >= 0.6 is 0 Å². The summed E-state index contributed by atoms with van der Waals surface area (Å²) in [5.74, 6) is 0. The molecule has 0 atom stereocenters. The molecule has 0 aliphatic carbocycles. The van der Waals surface area contributed by atoms with E-state index in [4.69, 9.17) is 0 Å². The van der Waals surface area contributed by atoms with E-state index in [0.717, 1.165) is 13.4 Å². The molecule has 0 aromatic heterocycles. The quantitative estimate of drug-likeness (QED) is 0.613. The Labute approximate surface area is 116 Å². The zero-order chi connectivity index (χ0) is 13.6. The average molecular weight is 249 g/mol. The van der Waals surface area contributed by atoms with Crippen LogP contribution in [0.4, 0.5) is 0 Å². The summed E-state index contributed by atoms with van der Waals surface area (Å²) in [6.07, 6.45) is 11.0. The average Bonchev–Trinajstić information content (AvgIpc) is 2.40. The fourth-order valence-corrected chi connectivity index (χ4v) is 3.98. The lowest BCUT2D eigenvalue weighted by molar-refractivity contribution is -0.384. The van der Waals surface area contributed by atoms with Gasteiger partial charge in [-0.15, -0.1) is 11.6 Å². The summed E-state index contributed by atoms with van der Waals surface area (Å²) in [7, 11) is 0. The van der Waals surface area contributed by atoms with Crippen molar-refractivity contribution in [1.29, 1.82) is 0 Å². The maximum absolute atomic E-state index is 2.87. The molecule has 0 unspecified atom stereocenters. The van der Waals surface area contributed by atoms with E-state index in [1.54, 1.807) is 0 Å². The third-order valence-electron chi connectivity index (χ3n) is 5.09. The maximum atomic E-state index is 2.87. The minimum absolute atomic E-state index is 0.488. The van der Waals surface area contributed by atoms with Gasteiger partial charge in [0.15, 0.2) is 0 Å². The van der Waals surface area contributed by atoms with Crippen LogP contribution in [-0.4, -0.2) is 24.3 Å². The van der Waals surface area contributed by atoms with Crippen LogP contribution < -0.4 is 0 Å². The van der Waals surface area contributed by atoms with Crippen LogP contribution in [0.15, 0.2) is 0 Å². The lowest BCUT2D eigenvalue weighted by atomic mass is 9.41. The Morgan fingerprint density at radius 3 is 2.17 bits per heavy atom. The molecule has 0 aromatic rings. The second-order valence-electron chi connectivity index (χ2n) is 6.78. The molecule has 0 N–H and O–H groups in total. The summed E-state index contributed by atoms with van der Waals surface area (Å²) in [5, 5.41) is 0.488. The third kappa shape index (κ3) is 3.96. The van der Waals surface area contributed by atoms with E-state index in [2.05, 4.69) is 39.0 Å². The standard InChI is InChI=1S/C15H33B2N/c1-6-16(7-2)18-14-12-10-9-11-13-15(4,5)17(18)8-3/h6-14H2,1-5H3. The Morgan fingerprint density at radius 1 is 1.00 bits per heavy atom. The van der Waals surface area contributed by atoms with Gasteiger partial charge in [0, 0.05) is 0 Å². The van der Waals surface area contributed by atoms with Crippen molar-refractivity contribution in [1.82, 2.24) is 0 Å². The molecule has 104 valence electrons. The second-order valence-corrected chi connectivity index (χ2v) is 6.78. The molecular formula is C15H33B2N. The van der Waals surface area contributed by atoms with Gasteiger partial charge in [-0.1, -0.05) is 53.9 Å². The van der Waals surface area contributed by atoms with Crippen LogP contribution in [-0.2, 0) is 0 Å². The largest absolute Gasteiger partial charge is 0.591 e. The monoisotopic (exact) mass is 249 g/mol. The van der Waals surface area contributed by atoms with Gasteiger partial charge in [-0.3, -0.25) is 0 Å². The van der Waals surface area contributed by atoms with Crippen molar-refractivity contribution in [3.05, 3.63) is 0 Å². The van der Waals surface area contributed by atoms with Crippen molar-refractivity contribution in [3.63, 3.8) is 0 Å². The first kappa shape index (κ1) is 16.0. The summed E-state index contributed by atoms with van der Waals surface area (Å²) in [6, 6.07) is 0. The molecule has 0 saturated carbocycles. The highest BCUT2D eigenvalue weighted by molar-refractivity contribution is 6.57. The van der Waals surface area contributed by atoms with Gasteiger partial charge in [-0.05, 0) is 25.5 Å². The summed E-state index contributed by atoms with van der Waals surface area (Å²) in [4.78, 5) is 0. The minimum atomic E-state index is 0.488. The van der Waals surface area contributed by atoms with Gasteiger partial charge in [0.05, 0.1) is 6.54 Å². The number of nitrogens with zero attached hydrogens (tertiary/aromatic N) is 1. The Bertz CT molecular complexity index is 280. The highest BCUT2D eigenvalue weighted by Gasteiger charge is 2.28. The van der Waals surface area contributed by atoms with Gasteiger partial charge < -0.3 is 4.39 Å². The van der Waals surface area contributed by atoms with Crippen LogP contribution in [0.1, 0.15) is 66.7 Å². The fraction of sp³-hybridized carbons (Fsp3) is 1.00. The molecule has 0 radical (unpaired) electrons. The van der Waals surface area contributed by atoms with Crippen molar-refractivity contribution in [2.75, 3.05) is 6.54 Å². The Hall–Kier alpha value is -0.0701. The molecule has 0 amide bonds. The summed E-state index contributed by atoms with van der Waals surface area (Å²) in [5.41, 5.74) is 0. The van der Waals surface area contributed by atoms with Crippen molar-refractivity contribution >= 4 is 13.4 Å². The summed E-state index contributed by atoms with van der Waals surface area (Å²) < 4.78 is 2.87. The van der Waals surface area contributed by atoms with Crippen LogP contribution in [0.3, 0.4) is 0 Å². The van der Waals surface area contributed by atoms with Crippen molar-refractivity contribution < 1.29 is 4.39 Å². The van der Waals surface area contributed by atoms with Crippen LogP contribution in [0, 0.1) is 0 Å². The van der Waals surface area contributed by atoms with E-state index in [9.17, 15) is 0 Å². The molecule has 1 rings (SSSR count). The zero-order valence-corrected chi connectivity index (χ0v) is 13.5. The number of hydrogen-bond acceptors (Lipinski definition) is 0. The topological polar surface area (TPSA) is 3.01 Å². The lowest BCUT2D eigenvalue weighted by Crippen LogP contribution is -2.40. The van der Waals surface area contributed by atoms with Gasteiger partial charge in [0.25, 0.3) is 0 Å². The Kier molecular flexibility index (Phi) is 6.66. The molecule has 0 fully saturated rings. The number of rotatable bonds is 4. The molecule has 1 aliphatic heterocycles. The van der Waals surface area contributed by atoms with Crippen LogP contribution in [0.25, 0.3) is 0 Å². The van der Waals surface area contributed by atoms with Gasteiger partial charge in [0.1, 0.15) is 6.51 Å². The fourth-order valence-electron chi connectivity index (χ4n) is 3.98.